The molecule has 1 aromatic carbocycles. The third-order valence-electron chi connectivity index (χ3n) is 2.22. The predicted molar refractivity (Wildman–Crippen MR) is 63.0 cm³/mol. The summed E-state index contributed by atoms with van der Waals surface area (Å²) in [7, 11) is 0. The number of rotatable bonds is 4. The van der Waals surface area contributed by atoms with E-state index in [1.807, 2.05) is 24.4 Å². The van der Waals surface area contributed by atoms with E-state index >= 15 is 0 Å². The lowest BCUT2D eigenvalue weighted by atomic mass is 10.00. The molecule has 14 heavy (non-hydrogen) atoms. The van der Waals surface area contributed by atoms with E-state index in [0.29, 0.717) is 0 Å². The molecule has 0 heterocycles. The van der Waals surface area contributed by atoms with Crippen LogP contribution in [0.1, 0.15) is 39.2 Å². The SMILES string of the molecule is CCCC(C)(C)N=Cc1ccccc1. The third kappa shape index (κ3) is 3.73. The molecule has 0 radical (unpaired) electrons. The van der Waals surface area contributed by atoms with Crippen molar-refractivity contribution in [2.75, 3.05) is 0 Å². The van der Waals surface area contributed by atoms with Gasteiger partial charge in [0.05, 0.1) is 5.54 Å². The summed E-state index contributed by atoms with van der Waals surface area (Å²) in [5.74, 6) is 0. The molecular weight excluding hydrogens is 170 g/mol. The Labute approximate surface area is 86.9 Å². The fourth-order valence-corrected chi connectivity index (χ4v) is 1.46. The van der Waals surface area contributed by atoms with E-state index < -0.39 is 0 Å². The highest BCUT2D eigenvalue weighted by Gasteiger charge is 2.12. The summed E-state index contributed by atoms with van der Waals surface area (Å²) in [5, 5.41) is 0. The van der Waals surface area contributed by atoms with Crippen LogP contribution in [0, 0.1) is 0 Å². The lowest BCUT2D eigenvalue weighted by molar-refractivity contribution is 0.476. The topological polar surface area (TPSA) is 12.4 Å². The van der Waals surface area contributed by atoms with E-state index in [-0.39, 0.29) is 5.54 Å². The van der Waals surface area contributed by atoms with Gasteiger partial charge in [0.1, 0.15) is 0 Å². The molecule has 1 nitrogen and oxygen atoms in total. The fourth-order valence-electron chi connectivity index (χ4n) is 1.46. The van der Waals surface area contributed by atoms with Gasteiger partial charge in [-0.1, -0.05) is 43.7 Å². The molecule has 0 N–H and O–H groups in total. The van der Waals surface area contributed by atoms with Gasteiger partial charge in [-0.05, 0) is 25.8 Å². The van der Waals surface area contributed by atoms with Gasteiger partial charge in [0, 0.05) is 6.21 Å². The number of benzene rings is 1. The molecule has 0 amide bonds. The Morgan fingerprint density at radius 3 is 2.43 bits per heavy atom. The molecule has 0 spiro atoms. The van der Waals surface area contributed by atoms with E-state index in [0.717, 1.165) is 6.42 Å². The lowest BCUT2D eigenvalue weighted by Gasteiger charge is -2.17. The van der Waals surface area contributed by atoms with Gasteiger partial charge in [0.15, 0.2) is 0 Å². The Bertz CT molecular complexity index is 285. The normalized spacial score (nSPS) is 12.2. The summed E-state index contributed by atoms with van der Waals surface area (Å²) in [4.78, 5) is 4.59. The van der Waals surface area contributed by atoms with Gasteiger partial charge in [-0.3, -0.25) is 4.99 Å². The molecule has 1 aromatic rings. The summed E-state index contributed by atoms with van der Waals surface area (Å²) in [6.07, 6.45) is 4.28. The Kier molecular flexibility index (Phi) is 3.87. The Hall–Kier alpha value is -1.11. The maximum absolute atomic E-state index is 4.59. The molecule has 0 aliphatic carbocycles. The van der Waals surface area contributed by atoms with Crippen LogP contribution in [0.3, 0.4) is 0 Å². The van der Waals surface area contributed by atoms with Crippen LogP contribution in [0.25, 0.3) is 0 Å². The van der Waals surface area contributed by atoms with Crippen molar-refractivity contribution in [3.8, 4) is 0 Å². The van der Waals surface area contributed by atoms with Crippen molar-refractivity contribution in [2.24, 2.45) is 4.99 Å². The highest BCUT2D eigenvalue weighted by Crippen LogP contribution is 2.15. The number of nitrogens with zero attached hydrogens (tertiary/aromatic N) is 1. The van der Waals surface area contributed by atoms with Crippen LogP contribution < -0.4 is 0 Å². The van der Waals surface area contributed by atoms with Gasteiger partial charge in [0.25, 0.3) is 0 Å². The number of hydrogen-bond donors (Lipinski definition) is 0. The van der Waals surface area contributed by atoms with Gasteiger partial charge < -0.3 is 0 Å². The van der Waals surface area contributed by atoms with Crippen molar-refractivity contribution >= 4 is 6.21 Å². The van der Waals surface area contributed by atoms with Crippen LogP contribution in [-0.4, -0.2) is 11.8 Å². The average molecular weight is 189 g/mol. The molecule has 0 unspecified atom stereocenters. The van der Waals surface area contributed by atoms with Gasteiger partial charge in [-0.25, -0.2) is 0 Å². The molecule has 0 atom stereocenters. The van der Waals surface area contributed by atoms with Crippen molar-refractivity contribution in [3.05, 3.63) is 35.9 Å². The second kappa shape index (κ2) is 4.94. The average Bonchev–Trinajstić information content (AvgIpc) is 2.17. The van der Waals surface area contributed by atoms with Crippen LogP contribution >= 0.6 is 0 Å². The summed E-state index contributed by atoms with van der Waals surface area (Å²) >= 11 is 0. The standard InChI is InChI=1S/C13H19N/c1-4-10-13(2,3)14-11-12-8-6-5-7-9-12/h5-9,11H,4,10H2,1-3H3. The minimum absolute atomic E-state index is 0.0740. The molecule has 0 aromatic heterocycles. The van der Waals surface area contributed by atoms with Gasteiger partial charge in [0.2, 0.25) is 0 Å². The summed E-state index contributed by atoms with van der Waals surface area (Å²) in [6, 6.07) is 10.2. The number of aliphatic imine (C=N–C) groups is 1. The minimum atomic E-state index is 0.0740. The highest BCUT2D eigenvalue weighted by atomic mass is 14.8. The summed E-state index contributed by atoms with van der Waals surface area (Å²) in [6.45, 7) is 6.55. The van der Waals surface area contributed by atoms with Crippen molar-refractivity contribution in [3.63, 3.8) is 0 Å². The van der Waals surface area contributed by atoms with Crippen LogP contribution in [0.5, 0.6) is 0 Å². The Morgan fingerprint density at radius 2 is 1.86 bits per heavy atom. The van der Waals surface area contributed by atoms with Crippen LogP contribution in [0.15, 0.2) is 35.3 Å². The third-order valence-corrected chi connectivity index (χ3v) is 2.22. The molecule has 0 fully saturated rings. The fraction of sp³-hybridized carbons (Fsp3) is 0.462. The minimum Gasteiger partial charge on any atom is -0.287 e. The van der Waals surface area contributed by atoms with Crippen molar-refractivity contribution in [1.82, 2.24) is 0 Å². The van der Waals surface area contributed by atoms with Gasteiger partial charge >= 0.3 is 0 Å². The first-order valence-electron chi connectivity index (χ1n) is 5.24. The van der Waals surface area contributed by atoms with E-state index in [9.17, 15) is 0 Å². The molecule has 76 valence electrons. The highest BCUT2D eigenvalue weighted by molar-refractivity contribution is 5.79. The zero-order chi connectivity index (χ0) is 10.4. The lowest BCUT2D eigenvalue weighted by Crippen LogP contribution is -2.16. The first-order valence-corrected chi connectivity index (χ1v) is 5.24. The molecular formula is C13H19N. The largest absolute Gasteiger partial charge is 0.287 e. The first kappa shape index (κ1) is 11.0. The molecule has 0 saturated carbocycles. The second-order valence-electron chi connectivity index (χ2n) is 4.23. The Morgan fingerprint density at radius 1 is 1.21 bits per heavy atom. The van der Waals surface area contributed by atoms with Gasteiger partial charge in [-0.15, -0.1) is 0 Å². The van der Waals surface area contributed by atoms with Crippen molar-refractivity contribution in [1.29, 1.82) is 0 Å². The quantitative estimate of drug-likeness (QED) is 0.641. The van der Waals surface area contributed by atoms with E-state index in [2.05, 4.69) is 37.9 Å². The monoisotopic (exact) mass is 189 g/mol. The van der Waals surface area contributed by atoms with E-state index in [4.69, 9.17) is 0 Å². The number of hydrogen-bond acceptors (Lipinski definition) is 1. The first-order chi connectivity index (χ1) is 6.64. The predicted octanol–water partition coefficient (Wildman–Crippen LogP) is 3.68. The second-order valence-corrected chi connectivity index (χ2v) is 4.23. The summed E-state index contributed by atoms with van der Waals surface area (Å²) in [5.41, 5.74) is 1.25. The van der Waals surface area contributed by atoms with Crippen LogP contribution in [-0.2, 0) is 0 Å². The molecule has 1 rings (SSSR count). The van der Waals surface area contributed by atoms with Crippen molar-refractivity contribution < 1.29 is 0 Å². The van der Waals surface area contributed by atoms with E-state index in [1.165, 1.54) is 12.0 Å². The summed E-state index contributed by atoms with van der Waals surface area (Å²) < 4.78 is 0. The molecule has 0 saturated heterocycles. The van der Waals surface area contributed by atoms with Crippen LogP contribution in [0.2, 0.25) is 0 Å². The molecule has 0 aliphatic heterocycles. The van der Waals surface area contributed by atoms with Crippen molar-refractivity contribution in [2.45, 2.75) is 39.2 Å². The maximum Gasteiger partial charge on any atom is 0.0552 e. The van der Waals surface area contributed by atoms with Crippen LogP contribution in [0.4, 0.5) is 0 Å². The molecule has 1 heteroatoms. The maximum atomic E-state index is 4.59. The van der Waals surface area contributed by atoms with Gasteiger partial charge in [-0.2, -0.15) is 0 Å². The molecule has 0 aliphatic rings. The zero-order valence-electron chi connectivity index (χ0n) is 9.33. The zero-order valence-corrected chi connectivity index (χ0v) is 9.33. The smallest absolute Gasteiger partial charge is 0.0552 e. The van der Waals surface area contributed by atoms with E-state index in [1.54, 1.807) is 0 Å². The Balaban J connectivity index is 2.64. The molecule has 0 bridgehead atoms.